The van der Waals surface area contributed by atoms with Crippen molar-refractivity contribution in [1.82, 2.24) is 4.90 Å². The molecule has 0 bridgehead atoms. The number of carbonyl (C=O) groups is 1. The Morgan fingerprint density at radius 1 is 1.42 bits per heavy atom. The highest BCUT2D eigenvalue weighted by molar-refractivity contribution is 5.75. The minimum absolute atomic E-state index is 0.245. The van der Waals surface area contributed by atoms with E-state index in [1.807, 2.05) is 12.2 Å². The minimum Gasteiger partial charge on any atom is -0.481 e. The van der Waals surface area contributed by atoms with Crippen LogP contribution in [0.1, 0.15) is 31.2 Å². The summed E-state index contributed by atoms with van der Waals surface area (Å²) in [6.07, 6.45) is 6.99. The molecule has 1 aliphatic heterocycles. The Labute approximate surface area is 142 Å². The van der Waals surface area contributed by atoms with Crippen LogP contribution in [0.15, 0.2) is 30.3 Å². The van der Waals surface area contributed by atoms with E-state index in [1.54, 1.807) is 19.2 Å². The fraction of sp³-hybridized carbons (Fsp3) is 0.526. The van der Waals surface area contributed by atoms with Crippen LogP contribution in [0, 0.1) is 11.2 Å². The number of ether oxygens (including phenoxy) is 1. The predicted molar refractivity (Wildman–Crippen MR) is 92.3 cm³/mol. The number of hydrogen-bond donors (Lipinski definition) is 1. The number of halogens is 1. The first kappa shape index (κ1) is 18.6. The lowest BCUT2D eigenvalue weighted by Crippen LogP contribution is -2.48. The van der Waals surface area contributed by atoms with E-state index in [1.165, 1.54) is 12.1 Å². The maximum atomic E-state index is 12.9. The van der Waals surface area contributed by atoms with Gasteiger partial charge < -0.3 is 9.84 Å². The summed E-state index contributed by atoms with van der Waals surface area (Å²) in [6.45, 7) is 2.78. The van der Waals surface area contributed by atoms with Crippen LogP contribution in [0.5, 0.6) is 0 Å². The van der Waals surface area contributed by atoms with E-state index in [0.29, 0.717) is 26.1 Å². The highest BCUT2D eigenvalue weighted by Gasteiger charge is 2.41. The van der Waals surface area contributed by atoms with Crippen molar-refractivity contribution in [1.29, 1.82) is 0 Å². The molecule has 1 aromatic carbocycles. The summed E-state index contributed by atoms with van der Waals surface area (Å²) in [6, 6.07) is 6.33. The number of carboxylic acid groups (broad SMARTS) is 1. The normalized spacial score (nSPS) is 22.1. The average Bonchev–Trinajstić information content (AvgIpc) is 2.57. The molecule has 1 saturated heterocycles. The quantitative estimate of drug-likeness (QED) is 0.740. The summed E-state index contributed by atoms with van der Waals surface area (Å²) in [5.41, 5.74) is 0.276. The number of aliphatic carboxylic acids is 1. The molecule has 0 aromatic heterocycles. The van der Waals surface area contributed by atoms with E-state index in [9.17, 15) is 14.3 Å². The van der Waals surface area contributed by atoms with E-state index >= 15 is 0 Å². The van der Waals surface area contributed by atoms with Gasteiger partial charge in [0.2, 0.25) is 0 Å². The van der Waals surface area contributed by atoms with Crippen molar-refractivity contribution < 1.29 is 19.0 Å². The Bertz CT molecular complexity index is 558. The van der Waals surface area contributed by atoms with Crippen LogP contribution in [0.2, 0.25) is 0 Å². The molecule has 2 rings (SSSR count). The lowest BCUT2D eigenvalue weighted by Gasteiger charge is -2.39. The fourth-order valence-corrected chi connectivity index (χ4v) is 3.34. The second-order valence-electron chi connectivity index (χ2n) is 6.47. The van der Waals surface area contributed by atoms with Gasteiger partial charge in [0.25, 0.3) is 0 Å². The predicted octanol–water partition coefficient (Wildman–Crippen LogP) is 3.43. The molecule has 5 heteroatoms. The Morgan fingerprint density at radius 2 is 2.17 bits per heavy atom. The molecule has 0 aliphatic carbocycles. The third-order valence-electron chi connectivity index (χ3n) is 4.66. The van der Waals surface area contributed by atoms with Crippen LogP contribution < -0.4 is 0 Å². The molecule has 1 aliphatic rings. The maximum Gasteiger partial charge on any atom is 0.310 e. The molecule has 24 heavy (non-hydrogen) atoms. The van der Waals surface area contributed by atoms with E-state index in [-0.39, 0.29) is 5.82 Å². The number of nitrogens with zero attached hydrogens (tertiary/aromatic N) is 1. The number of rotatable bonds is 8. The smallest absolute Gasteiger partial charge is 0.310 e. The second kappa shape index (κ2) is 8.94. The van der Waals surface area contributed by atoms with Crippen LogP contribution in [0.3, 0.4) is 0 Å². The van der Waals surface area contributed by atoms with Crippen LogP contribution in [0.25, 0.3) is 6.08 Å². The van der Waals surface area contributed by atoms with Crippen LogP contribution in [-0.2, 0) is 9.53 Å². The van der Waals surface area contributed by atoms with Gasteiger partial charge in [-0.2, -0.15) is 0 Å². The Balaban J connectivity index is 1.93. The molecule has 0 amide bonds. The van der Waals surface area contributed by atoms with Gasteiger partial charge in [-0.3, -0.25) is 9.69 Å². The van der Waals surface area contributed by atoms with Gasteiger partial charge in [-0.25, -0.2) is 4.39 Å². The van der Waals surface area contributed by atoms with Crippen LogP contribution in [-0.4, -0.2) is 49.3 Å². The minimum atomic E-state index is -0.703. The molecular formula is C19H26FNO3. The van der Waals surface area contributed by atoms with Gasteiger partial charge in [-0.15, -0.1) is 0 Å². The topological polar surface area (TPSA) is 49.8 Å². The monoisotopic (exact) mass is 335 g/mol. The third kappa shape index (κ3) is 5.14. The van der Waals surface area contributed by atoms with E-state index in [2.05, 4.69) is 4.90 Å². The average molecular weight is 335 g/mol. The Kier molecular flexibility index (Phi) is 6.94. The van der Waals surface area contributed by atoms with Gasteiger partial charge in [0, 0.05) is 26.8 Å². The van der Waals surface area contributed by atoms with E-state index in [4.69, 9.17) is 4.74 Å². The van der Waals surface area contributed by atoms with Crippen LogP contribution >= 0.6 is 0 Å². The molecule has 0 unspecified atom stereocenters. The zero-order valence-corrected chi connectivity index (χ0v) is 14.2. The molecule has 132 valence electrons. The first-order valence-corrected chi connectivity index (χ1v) is 8.42. The summed E-state index contributed by atoms with van der Waals surface area (Å²) >= 11 is 0. The van der Waals surface area contributed by atoms with Gasteiger partial charge in [0.05, 0.1) is 5.41 Å². The molecule has 0 spiro atoms. The standard InChI is InChI=1S/C19H26FNO3/c1-24-14-4-11-19(18(22)23)10-3-13-21(15-19)12-2-5-16-6-8-17(20)9-7-16/h2,5-9H,3-4,10-15H2,1H3,(H,22,23)/b5-2+/t19-/m0/s1. The lowest BCUT2D eigenvalue weighted by molar-refractivity contribution is -0.153. The van der Waals surface area contributed by atoms with Crippen molar-refractivity contribution in [3.8, 4) is 0 Å². The van der Waals surface area contributed by atoms with E-state index in [0.717, 1.165) is 31.4 Å². The lowest BCUT2D eigenvalue weighted by atomic mass is 9.76. The number of likely N-dealkylation sites (tertiary alicyclic amines) is 1. The maximum absolute atomic E-state index is 12.9. The van der Waals surface area contributed by atoms with Crippen molar-refractivity contribution in [3.05, 3.63) is 41.7 Å². The van der Waals surface area contributed by atoms with Crippen molar-refractivity contribution in [2.75, 3.05) is 33.4 Å². The second-order valence-corrected chi connectivity index (χ2v) is 6.47. The molecule has 1 fully saturated rings. The molecule has 1 aromatic rings. The summed E-state index contributed by atoms with van der Waals surface area (Å²) in [5.74, 6) is -0.948. The number of piperidine rings is 1. The van der Waals surface area contributed by atoms with Crippen molar-refractivity contribution in [2.45, 2.75) is 25.7 Å². The molecule has 1 N–H and O–H groups in total. The van der Waals surface area contributed by atoms with Gasteiger partial charge in [0.15, 0.2) is 0 Å². The first-order chi connectivity index (χ1) is 11.6. The van der Waals surface area contributed by atoms with E-state index < -0.39 is 11.4 Å². The van der Waals surface area contributed by atoms with Gasteiger partial charge in [-0.1, -0.05) is 24.3 Å². The Morgan fingerprint density at radius 3 is 2.83 bits per heavy atom. The molecule has 1 atom stereocenters. The number of carboxylic acids is 1. The zero-order chi connectivity index (χ0) is 17.4. The van der Waals surface area contributed by atoms with Crippen molar-refractivity contribution >= 4 is 12.0 Å². The van der Waals surface area contributed by atoms with Gasteiger partial charge >= 0.3 is 5.97 Å². The molecule has 1 heterocycles. The largest absolute Gasteiger partial charge is 0.481 e. The van der Waals surface area contributed by atoms with Gasteiger partial charge in [0.1, 0.15) is 5.82 Å². The fourth-order valence-electron chi connectivity index (χ4n) is 3.34. The number of methoxy groups -OCH3 is 1. The van der Waals surface area contributed by atoms with Gasteiger partial charge in [-0.05, 0) is 49.9 Å². The zero-order valence-electron chi connectivity index (χ0n) is 14.2. The Hall–Kier alpha value is -1.72. The molecule has 0 radical (unpaired) electrons. The summed E-state index contributed by atoms with van der Waals surface area (Å²) < 4.78 is 18.0. The number of benzene rings is 1. The summed E-state index contributed by atoms with van der Waals surface area (Å²) in [7, 11) is 1.64. The third-order valence-corrected chi connectivity index (χ3v) is 4.66. The van der Waals surface area contributed by atoms with Crippen molar-refractivity contribution in [2.24, 2.45) is 5.41 Å². The summed E-state index contributed by atoms with van der Waals surface area (Å²) in [4.78, 5) is 14.0. The highest BCUT2D eigenvalue weighted by atomic mass is 19.1. The summed E-state index contributed by atoms with van der Waals surface area (Å²) in [5, 5.41) is 9.71. The highest BCUT2D eigenvalue weighted by Crippen LogP contribution is 2.35. The molecule has 0 saturated carbocycles. The van der Waals surface area contributed by atoms with Crippen molar-refractivity contribution in [3.63, 3.8) is 0 Å². The first-order valence-electron chi connectivity index (χ1n) is 8.42. The van der Waals surface area contributed by atoms with Crippen LogP contribution in [0.4, 0.5) is 4.39 Å². The number of hydrogen-bond acceptors (Lipinski definition) is 3. The SMILES string of the molecule is COCCC[C@@]1(C(=O)O)CCCN(C/C=C/c2ccc(F)cc2)C1. The molecule has 4 nitrogen and oxygen atoms in total. The molecular weight excluding hydrogens is 309 g/mol.